The summed E-state index contributed by atoms with van der Waals surface area (Å²) in [5.74, 6) is -0.328. The summed E-state index contributed by atoms with van der Waals surface area (Å²) in [6.07, 6.45) is 3.01. The number of nitrogens with zero attached hydrogens (tertiary/aromatic N) is 1. The molecule has 0 aliphatic carbocycles. The average molecular weight is 183 g/mol. The Kier molecular flexibility index (Phi) is 3.47. The summed E-state index contributed by atoms with van der Waals surface area (Å²) >= 11 is 1.49. The molecule has 1 aromatic heterocycles. The molecule has 0 N–H and O–H groups in total. The lowest BCUT2D eigenvalue weighted by atomic mass is 10.4. The molecule has 3 nitrogen and oxygen atoms in total. The number of hydrogen-bond donors (Lipinski definition) is 0. The van der Waals surface area contributed by atoms with Gasteiger partial charge in [0, 0.05) is 11.5 Å². The second-order valence-corrected chi connectivity index (χ2v) is 2.72. The van der Waals surface area contributed by atoms with Gasteiger partial charge >= 0.3 is 5.97 Å². The van der Waals surface area contributed by atoms with Crippen molar-refractivity contribution in [2.24, 2.45) is 0 Å². The molecule has 1 aromatic rings. The van der Waals surface area contributed by atoms with Gasteiger partial charge in [-0.1, -0.05) is 0 Å². The van der Waals surface area contributed by atoms with Gasteiger partial charge in [-0.05, 0) is 13.0 Å². The molecule has 0 spiro atoms. The third kappa shape index (κ3) is 2.84. The molecule has 1 rings (SSSR count). The number of aromatic nitrogens is 1. The number of carbonyl (C=O) groups is 1. The lowest BCUT2D eigenvalue weighted by Crippen LogP contribution is -1.98. The van der Waals surface area contributed by atoms with Crippen LogP contribution in [0.1, 0.15) is 12.6 Å². The molecule has 12 heavy (non-hydrogen) atoms. The fourth-order valence-corrected chi connectivity index (χ4v) is 1.17. The van der Waals surface area contributed by atoms with Crippen molar-refractivity contribution in [1.29, 1.82) is 0 Å². The summed E-state index contributed by atoms with van der Waals surface area (Å²) in [4.78, 5) is 14.8. The van der Waals surface area contributed by atoms with Gasteiger partial charge in [0.2, 0.25) is 0 Å². The highest BCUT2D eigenvalue weighted by atomic mass is 32.1. The van der Waals surface area contributed by atoms with E-state index >= 15 is 0 Å². The molecule has 0 saturated carbocycles. The van der Waals surface area contributed by atoms with Crippen LogP contribution in [0.3, 0.4) is 0 Å². The van der Waals surface area contributed by atoms with Gasteiger partial charge in [-0.3, -0.25) is 0 Å². The molecule has 0 bridgehead atoms. The van der Waals surface area contributed by atoms with E-state index in [0.717, 1.165) is 5.69 Å². The minimum Gasteiger partial charge on any atom is -0.463 e. The molecule has 0 saturated heterocycles. The fourth-order valence-electron chi connectivity index (χ4n) is 0.648. The molecule has 0 aliphatic rings. The van der Waals surface area contributed by atoms with Gasteiger partial charge < -0.3 is 4.74 Å². The summed E-state index contributed by atoms with van der Waals surface area (Å²) in [5, 5.41) is 1.86. The Hall–Kier alpha value is -1.16. The van der Waals surface area contributed by atoms with Crippen molar-refractivity contribution in [1.82, 2.24) is 4.98 Å². The third-order valence-electron chi connectivity index (χ3n) is 1.13. The number of rotatable bonds is 3. The maximum atomic E-state index is 10.8. The Labute approximate surface area is 74.7 Å². The fraction of sp³-hybridized carbons (Fsp3) is 0.250. The Bertz CT molecular complexity index is 267. The number of thiazole rings is 1. The second-order valence-electron chi connectivity index (χ2n) is 2.00. The van der Waals surface area contributed by atoms with Crippen LogP contribution in [0, 0.1) is 0 Å². The van der Waals surface area contributed by atoms with E-state index in [4.69, 9.17) is 4.74 Å². The van der Waals surface area contributed by atoms with E-state index in [1.54, 1.807) is 18.5 Å². The molecule has 0 unspecified atom stereocenters. The van der Waals surface area contributed by atoms with Crippen LogP contribution in [0.4, 0.5) is 0 Å². The Morgan fingerprint density at radius 3 is 3.25 bits per heavy atom. The molecule has 0 fully saturated rings. The predicted octanol–water partition coefficient (Wildman–Crippen LogP) is 1.72. The van der Waals surface area contributed by atoms with Crippen molar-refractivity contribution >= 4 is 23.4 Å². The van der Waals surface area contributed by atoms with Crippen molar-refractivity contribution in [3.8, 4) is 0 Å². The predicted molar refractivity (Wildman–Crippen MR) is 47.8 cm³/mol. The monoisotopic (exact) mass is 183 g/mol. The summed E-state index contributed by atoms with van der Waals surface area (Å²) < 4.78 is 4.69. The second kappa shape index (κ2) is 4.66. The van der Waals surface area contributed by atoms with E-state index in [-0.39, 0.29) is 5.97 Å². The largest absolute Gasteiger partial charge is 0.463 e. The molecular formula is C8H9NO2S. The van der Waals surface area contributed by atoms with Crippen LogP contribution in [0.15, 0.2) is 17.0 Å². The SMILES string of the molecule is CCOC(=O)/C=C/c1cscn1. The summed E-state index contributed by atoms with van der Waals surface area (Å²) in [5.41, 5.74) is 2.50. The molecular weight excluding hydrogens is 174 g/mol. The first-order valence-electron chi connectivity index (χ1n) is 3.56. The normalized spacial score (nSPS) is 10.4. The van der Waals surface area contributed by atoms with Gasteiger partial charge in [0.05, 0.1) is 17.8 Å². The van der Waals surface area contributed by atoms with Gasteiger partial charge in [-0.25, -0.2) is 9.78 Å². The van der Waals surface area contributed by atoms with E-state index in [1.165, 1.54) is 17.4 Å². The highest BCUT2D eigenvalue weighted by Gasteiger charge is 1.93. The van der Waals surface area contributed by atoms with E-state index in [1.807, 2.05) is 5.38 Å². The summed E-state index contributed by atoms with van der Waals surface area (Å²) in [6.45, 7) is 2.18. The average Bonchev–Trinajstić information content (AvgIpc) is 2.53. The van der Waals surface area contributed by atoms with Gasteiger partial charge in [0.25, 0.3) is 0 Å². The maximum absolute atomic E-state index is 10.8. The van der Waals surface area contributed by atoms with Crippen molar-refractivity contribution < 1.29 is 9.53 Å². The van der Waals surface area contributed by atoms with Crippen LogP contribution < -0.4 is 0 Å². The minimum absolute atomic E-state index is 0.328. The number of ether oxygens (including phenoxy) is 1. The lowest BCUT2D eigenvalue weighted by Gasteiger charge is -1.92. The van der Waals surface area contributed by atoms with Crippen LogP contribution in [-0.2, 0) is 9.53 Å². The quantitative estimate of drug-likeness (QED) is 0.529. The first-order chi connectivity index (χ1) is 5.83. The van der Waals surface area contributed by atoms with Gasteiger partial charge in [-0.15, -0.1) is 11.3 Å². The molecule has 64 valence electrons. The lowest BCUT2D eigenvalue weighted by molar-refractivity contribution is -0.137. The first-order valence-corrected chi connectivity index (χ1v) is 4.50. The number of carbonyl (C=O) groups excluding carboxylic acids is 1. The molecule has 0 radical (unpaired) electrons. The number of hydrogen-bond acceptors (Lipinski definition) is 4. The Morgan fingerprint density at radius 1 is 1.83 bits per heavy atom. The Morgan fingerprint density at radius 2 is 2.67 bits per heavy atom. The smallest absolute Gasteiger partial charge is 0.330 e. The van der Waals surface area contributed by atoms with E-state index in [9.17, 15) is 4.79 Å². The standard InChI is InChI=1S/C8H9NO2S/c1-2-11-8(10)4-3-7-5-12-6-9-7/h3-6H,2H2,1H3/b4-3+. The third-order valence-corrected chi connectivity index (χ3v) is 1.73. The molecule has 0 atom stereocenters. The minimum atomic E-state index is -0.328. The zero-order chi connectivity index (χ0) is 8.81. The molecule has 4 heteroatoms. The maximum Gasteiger partial charge on any atom is 0.330 e. The van der Waals surface area contributed by atoms with Crippen LogP contribution in [0.5, 0.6) is 0 Å². The van der Waals surface area contributed by atoms with Crippen LogP contribution in [0.2, 0.25) is 0 Å². The van der Waals surface area contributed by atoms with Crippen LogP contribution in [-0.4, -0.2) is 17.6 Å². The summed E-state index contributed by atoms with van der Waals surface area (Å²) in [6, 6.07) is 0. The van der Waals surface area contributed by atoms with Crippen LogP contribution in [0.25, 0.3) is 6.08 Å². The van der Waals surface area contributed by atoms with Crippen molar-refractivity contribution in [3.05, 3.63) is 22.7 Å². The summed E-state index contributed by atoms with van der Waals surface area (Å²) in [7, 11) is 0. The topological polar surface area (TPSA) is 39.2 Å². The molecule has 1 heterocycles. The highest BCUT2D eigenvalue weighted by Crippen LogP contribution is 2.02. The highest BCUT2D eigenvalue weighted by molar-refractivity contribution is 7.07. The molecule has 0 amide bonds. The van der Waals surface area contributed by atoms with Crippen molar-refractivity contribution in [2.75, 3.05) is 6.61 Å². The van der Waals surface area contributed by atoms with Gasteiger partial charge in [0.1, 0.15) is 0 Å². The van der Waals surface area contributed by atoms with Gasteiger partial charge in [-0.2, -0.15) is 0 Å². The Balaban J connectivity index is 2.45. The van der Waals surface area contributed by atoms with Crippen molar-refractivity contribution in [2.45, 2.75) is 6.92 Å². The molecule has 0 aromatic carbocycles. The zero-order valence-electron chi connectivity index (χ0n) is 6.69. The zero-order valence-corrected chi connectivity index (χ0v) is 7.50. The van der Waals surface area contributed by atoms with Crippen LogP contribution >= 0.6 is 11.3 Å². The number of esters is 1. The van der Waals surface area contributed by atoms with E-state index in [0.29, 0.717) is 6.61 Å². The van der Waals surface area contributed by atoms with Crippen molar-refractivity contribution in [3.63, 3.8) is 0 Å². The molecule has 0 aliphatic heterocycles. The first kappa shape index (κ1) is 8.93. The van der Waals surface area contributed by atoms with Gasteiger partial charge in [0.15, 0.2) is 0 Å². The van der Waals surface area contributed by atoms with E-state index < -0.39 is 0 Å². The van der Waals surface area contributed by atoms with E-state index in [2.05, 4.69) is 4.98 Å².